The first-order valence-corrected chi connectivity index (χ1v) is 5.69. The van der Waals surface area contributed by atoms with Gasteiger partial charge in [0.15, 0.2) is 0 Å². The molecule has 1 aromatic carbocycles. The van der Waals surface area contributed by atoms with Crippen molar-refractivity contribution in [3.63, 3.8) is 0 Å². The molecule has 1 unspecified atom stereocenters. The summed E-state index contributed by atoms with van der Waals surface area (Å²) in [4.78, 5) is 10.0. The molecule has 6 heteroatoms. The van der Waals surface area contributed by atoms with Crippen LogP contribution in [-0.4, -0.2) is 22.7 Å². The van der Waals surface area contributed by atoms with Crippen LogP contribution in [0.25, 0.3) is 0 Å². The van der Waals surface area contributed by atoms with E-state index in [9.17, 15) is 15.2 Å². The number of benzene rings is 1. The number of hydrogen-bond acceptors (Lipinski definition) is 5. The van der Waals surface area contributed by atoms with Gasteiger partial charge in [0.2, 0.25) is 0 Å². The Balaban J connectivity index is 2.78. The van der Waals surface area contributed by atoms with Crippen molar-refractivity contribution in [3.8, 4) is 6.07 Å². The fourth-order valence-electron chi connectivity index (χ4n) is 1.56. The largest absolute Gasteiger partial charge is 0.391 e. The van der Waals surface area contributed by atoms with E-state index in [0.717, 1.165) is 6.42 Å². The van der Waals surface area contributed by atoms with E-state index in [1.807, 2.05) is 13.0 Å². The molecule has 0 saturated heterocycles. The van der Waals surface area contributed by atoms with Gasteiger partial charge in [-0.2, -0.15) is 5.26 Å². The first-order valence-electron chi connectivity index (χ1n) is 5.69. The molecule has 0 heterocycles. The van der Waals surface area contributed by atoms with Gasteiger partial charge in [0.05, 0.1) is 22.3 Å². The van der Waals surface area contributed by atoms with E-state index in [1.165, 1.54) is 18.2 Å². The molecule has 0 spiro atoms. The molecule has 1 atom stereocenters. The van der Waals surface area contributed by atoms with E-state index >= 15 is 0 Å². The molecular weight excluding hydrogens is 234 g/mol. The fraction of sp³-hybridized carbons (Fsp3) is 0.417. The number of nitro benzene ring substituents is 1. The van der Waals surface area contributed by atoms with Crippen LogP contribution in [-0.2, 0) is 0 Å². The normalized spacial score (nSPS) is 11.6. The average Bonchev–Trinajstić information content (AvgIpc) is 2.36. The van der Waals surface area contributed by atoms with Gasteiger partial charge in [-0.25, -0.2) is 0 Å². The van der Waals surface area contributed by atoms with E-state index < -0.39 is 11.0 Å². The number of nitrogens with zero attached hydrogens (tertiary/aromatic N) is 2. The van der Waals surface area contributed by atoms with Crippen molar-refractivity contribution in [1.29, 1.82) is 5.26 Å². The summed E-state index contributed by atoms with van der Waals surface area (Å²) in [7, 11) is 0. The fourth-order valence-corrected chi connectivity index (χ4v) is 1.56. The summed E-state index contributed by atoms with van der Waals surface area (Å²) in [6.07, 6.45) is 1.05. The highest BCUT2D eigenvalue weighted by molar-refractivity contribution is 5.61. The maximum Gasteiger partial charge on any atom is 0.270 e. The summed E-state index contributed by atoms with van der Waals surface area (Å²) >= 11 is 0. The number of aliphatic hydroxyl groups excluding tert-OH is 1. The maximum absolute atomic E-state index is 10.6. The number of non-ortho nitro benzene ring substituents is 1. The molecule has 0 saturated carbocycles. The second-order valence-corrected chi connectivity index (χ2v) is 3.92. The molecule has 6 nitrogen and oxygen atoms in total. The van der Waals surface area contributed by atoms with Crippen LogP contribution in [0.1, 0.15) is 25.3 Å². The Kier molecular flexibility index (Phi) is 5.08. The highest BCUT2D eigenvalue weighted by Crippen LogP contribution is 2.21. The molecule has 0 radical (unpaired) electrons. The molecule has 0 amide bonds. The smallest absolute Gasteiger partial charge is 0.270 e. The number of nitriles is 1. The van der Waals surface area contributed by atoms with Gasteiger partial charge in [-0.15, -0.1) is 0 Å². The summed E-state index contributed by atoms with van der Waals surface area (Å²) in [5.74, 6) is 0. The number of aliphatic hydroxyl groups is 1. The second-order valence-electron chi connectivity index (χ2n) is 3.92. The molecule has 96 valence electrons. The Bertz CT molecular complexity index is 468. The van der Waals surface area contributed by atoms with Crippen molar-refractivity contribution < 1.29 is 10.0 Å². The number of rotatable bonds is 6. The van der Waals surface area contributed by atoms with Crippen LogP contribution < -0.4 is 5.32 Å². The summed E-state index contributed by atoms with van der Waals surface area (Å²) in [6.45, 7) is 2.29. The van der Waals surface area contributed by atoms with Crippen LogP contribution in [0.2, 0.25) is 0 Å². The Morgan fingerprint density at radius 1 is 1.61 bits per heavy atom. The summed E-state index contributed by atoms with van der Waals surface area (Å²) in [5, 5.41) is 32.0. The monoisotopic (exact) mass is 249 g/mol. The molecule has 0 aliphatic rings. The lowest BCUT2D eigenvalue weighted by Crippen LogP contribution is -2.19. The third-order valence-electron chi connectivity index (χ3n) is 2.48. The number of nitrogens with one attached hydrogen (secondary N) is 1. The standard InChI is InChI=1S/C12H15N3O3/c1-2-3-11(16)8-14-12-5-4-10(15(17)18)6-9(12)7-13/h4-6,11,14,16H,2-3,8H2,1H3. The highest BCUT2D eigenvalue weighted by atomic mass is 16.6. The van der Waals surface area contributed by atoms with Crippen molar-refractivity contribution in [2.45, 2.75) is 25.9 Å². The minimum absolute atomic E-state index is 0.119. The van der Waals surface area contributed by atoms with Crippen molar-refractivity contribution in [2.75, 3.05) is 11.9 Å². The van der Waals surface area contributed by atoms with Gasteiger partial charge < -0.3 is 10.4 Å². The van der Waals surface area contributed by atoms with Crippen molar-refractivity contribution >= 4 is 11.4 Å². The van der Waals surface area contributed by atoms with Gasteiger partial charge in [-0.05, 0) is 12.5 Å². The van der Waals surface area contributed by atoms with E-state index in [0.29, 0.717) is 18.7 Å². The lowest BCUT2D eigenvalue weighted by molar-refractivity contribution is -0.384. The lowest BCUT2D eigenvalue weighted by Gasteiger charge is -2.12. The molecule has 0 fully saturated rings. The minimum atomic E-state index is -0.545. The molecule has 18 heavy (non-hydrogen) atoms. The van der Waals surface area contributed by atoms with Crippen LogP contribution in [0.15, 0.2) is 18.2 Å². The number of hydrogen-bond donors (Lipinski definition) is 2. The van der Waals surface area contributed by atoms with Crippen LogP contribution in [0, 0.1) is 21.4 Å². The van der Waals surface area contributed by atoms with Crippen molar-refractivity contribution in [1.82, 2.24) is 0 Å². The zero-order valence-electron chi connectivity index (χ0n) is 10.1. The summed E-state index contributed by atoms with van der Waals surface area (Å²) < 4.78 is 0. The topological polar surface area (TPSA) is 99.2 Å². The van der Waals surface area contributed by atoms with Crippen molar-refractivity contribution in [3.05, 3.63) is 33.9 Å². The van der Waals surface area contributed by atoms with E-state index in [2.05, 4.69) is 5.32 Å². The minimum Gasteiger partial charge on any atom is -0.391 e. The van der Waals surface area contributed by atoms with Gasteiger partial charge in [-0.1, -0.05) is 13.3 Å². The van der Waals surface area contributed by atoms with E-state index in [-0.39, 0.29) is 11.3 Å². The number of anilines is 1. The molecule has 1 aromatic rings. The Morgan fingerprint density at radius 2 is 2.33 bits per heavy atom. The third kappa shape index (κ3) is 3.71. The molecule has 0 aliphatic heterocycles. The Morgan fingerprint density at radius 3 is 2.89 bits per heavy atom. The molecule has 0 bridgehead atoms. The highest BCUT2D eigenvalue weighted by Gasteiger charge is 2.11. The zero-order chi connectivity index (χ0) is 13.5. The molecule has 2 N–H and O–H groups in total. The van der Waals surface area contributed by atoms with Crippen LogP contribution >= 0.6 is 0 Å². The predicted octanol–water partition coefficient (Wildman–Crippen LogP) is 2.04. The van der Waals surface area contributed by atoms with Crippen LogP contribution in [0.5, 0.6) is 0 Å². The molecule has 0 aromatic heterocycles. The first-order chi connectivity index (χ1) is 8.58. The Hall–Kier alpha value is -2.13. The lowest BCUT2D eigenvalue weighted by atomic mass is 10.1. The van der Waals surface area contributed by atoms with Crippen LogP contribution in [0.3, 0.4) is 0 Å². The van der Waals surface area contributed by atoms with Gasteiger partial charge in [0, 0.05) is 18.7 Å². The molecular formula is C12H15N3O3. The molecule has 1 rings (SSSR count). The quantitative estimate of drug-likeness (QED) is 0.593. The predicted molar refractivity (Wildman–Crippen MR) is 67.2 cm³/mol. The average molecular weight is 249 g/mol. The Labute approximate surface area is 105 Å². The summed E-state index contributed by atoms with van der Waals surface area (Å²) in [5.41, 5.74) is 0.581. The third-order valence-corrected chi connectivity index (χ3v) is 2.48. The second kappa shape index (κ2) is 6.57. The molecule has 0 aliphatic carbocycles. The SMILES string of the molecule is CCCC(O)CNc1ccc([N+](=O)[O-])cc1C#N. The van der Waals surface area contributed by atoms with Crippen LogP contribution in [0.4, 0.5) is 11.4 Å². The maximum atomic E-state index is 10.6. The van der Waals surface area contributed by atoms with E-state index in [1.54, 1.807) is 0 Å². The van der Waals surface area contributed by atoms with Gasteiger partial charge >= 0.3 is 0 Å². The van der Waals surface area contributed by atoms with Crippen molar-refractivity contribution in [2.24, 2.45) is 0 Å². The summed E-state index contributed by atoms with van der Waals surface area (Å²) in [6, 6.07) is 5.93. The van der Waals surface area contributed by atoms with E-state index in [4.69, 9.17) is 5.26 Å². The first kappa shape index (κ1) is 13.9. The van der Waals surface area contributed by atoms with Gasteiger partial charge in [-0.3, -0.25) is 10.1 Å². The van der Waals surface area contributed by atoms with Gasteiger partial charge in [0.1, 0.15) is 6.07 Å². The van der Waals surface area contributed by atoms with Gasteiger partial charge in [0.25, 0.3) is 5.69 Å². The zero-order valence-corrected chi connectivity index (χ0v) is 10.1. The number of nitro groups is 1.